The second kappa shape index (κ2) is 3.74. The summed E-state index contributed by atoms with van der Waals surface area (Å²) in [7, 11) is 0. The van der Waals surface area contributed by atoms with Crippen molar-refractivity contribution in [3.63, 3.8) is 0 Å². The van der Waals surface area contributed by atoms with Crippen molar-refractivity contribution < 1.29 is 4.79 Å². The first-order valence-corrected chi connectivity index (χ1v) is 4.32. The largest absolute Gasteiger partial charge is 0.340 e. The number of amides is 1. The van der Waals surface area contributed by atoms with Crippen LogP contribution >= 0.6 is 0 Å². The van der Waals surface area contributed by atoms with Crippen LogP contribution in [0.2, 0.25) is 0 Å². The molecule has 11 heavy (non-hydrogen) atoms. The van der Waals surface area contributed by atoms with Gasteiger partial charge in [-0.2, -0.15) is 0 Å². The Kier molecular flexibility index (Phi) is 2.92. The molecule has 1 fully saturated rings. The van der Waals surface area contributed by atoms with Gasteiger partial charge in [-0.05, 0) is 19.8 Å². The lowest BCUT2D eigenvalue weighted by molar-refractivity contribution is -0.130. The SMILES string of the molecule is [CH2]CN(C(C)=O)C1CCCC1. The summed E-state index contributed by atoms with van der Waals surface area (Å²) in [6.07, 6.45) is 4.90. The zero-order valence-corrected chi connectivity index (χ0v) is 7.18. The molecule has 0 saturated heterocycles. The van der Waals surface area contributed by atoms with Crippen molar-refractivity contribution in [1.82, 2.24) is 4.90 Å². The van der Waals surface area contributed by atoms with Crippen molar-refractivity contribution in [1.29, 1.82) is 0 Å². The van der Waals surface area contributed by atoms with Crippen LogP contribution in [-0.4, -0.2) is 23.4 Å². The van der Waals surface area contributed by atoms with Gasteiger partial charge in [0.2, 0.25) is 5.91 Å². The average molecular weight is 154 g/mol. The summed E-state index contributed by atoms with van der Waals surface area (Å²) < 4.78 is 0. The topological polar surface area (TPSA) is 20.3 Å². The van der Waals surface area contributed by atoms with Crippen LogP contribution in [0.25, 0.3) is 0 Å². The van der Waals surface area contributed by atoms with Gasteiger partial charge in [-0.3, -0.25) is 4.79 Å². The molecule has 0 heterocycles. The molecule has 0 bridgehead atoms. The summed E-state index contributed by atoms with van der Waals surface area (Å²) in [4.78, 5) is 12.9. The van der Waals surface area contributed by atoms with E-state index in [1.165, 1.54) is 25.7 Å². The van der Waals surface area contributed by atoms with E-state index in [0.29, 0.717) is 12.6 Å². The molecule has 0 aliphatic heterocycles. The minimum absolute atomic E-state index is 0.173. The normalized spacial score (nSPS) is 18.7. The second-order valence-corrected chi connectivity index (χ2v) is 3.15. The second-order valence-electron chi connectivity index (χ2n) is 3.15. The molecule has 2 nitrogen and oxygen atoms in total. The maximum Gasteiger partial charge on any atom is 0.219 e. The molecule has 1 saturated carbocycles. The van der Waals surface area contributed by atoms with Crippen LogP contribution in [0, 0.1) is 6.92 Å². The van der Waals surface area contributed by atoms with Crippen molar-refractivity contribution in [2.45, 2.75) is 38.6 Å². The predicted octanol–water partition coefficient (Wildman–Crippen LogP) is 1.61. The smallest absolute Gasteiger partial charge is 0.219 e. The Labute approximate surface area is 68.6 Å². The van der Waals surface area contributed by atoms with Crippen molar-refractivity contribution in [2.75, 3.05) is 6.54 Å². The van der Waals surface area contributed by atoms with Crippen LogP contribution in [0.5, 0.6) is 0 Å². The number of hydrogen-bond acceptors (Lipinski definition) is 1. The summed E-state index contributed by atoms with van der Waals surface area (Å²) in [5.41, 5.74) is 0. The molecule has 0 N–H and O–H groups in total. The van der Waals surface area contributed by atoms with Gasteiger partial charge in [-0.25, -0.2) is 0 Å². The minimum Gasteiger partial charge on any atom is -0.340 e. The van der Waals surface area contributed by atoms with Gasteiger partial charge >= 0.3 is 0 Å². The van der Waals surface area contributed by atoms with Crippen LogP contribution in [-0.2, 0) is 4.79 Å². The Morgan fingerprint density at radius 1 is 1.55 bits per heavy atom. The minimum atomic E-state index is 0.173. The van der Waals surface area contributed by atoms with Crippen LogP contribution in [0.3, 0.4) is 0 Å². The molecule has 1 aliphatic rings. The summed E-state index contributed by atoms with van der Waals surface area (Å²) in [5.74, 6) is 0.173. The Hall–Kier alpha value is -0.530. The maximum absolute atomic E-state index is 11.0. The number of rotatable bonds is 2. The Bertz CT molecular complexity index is 138. The first kappa shape index (κ1) is 8.57. The summed E-state index contributed by atoms with van der Waals surface area (Å²) in [5, 5.41) is 0. The monoisotopic (exact) mass is 154 g/mol. The lowest BCUT2D eigenvalue weighted by Crippen LogP contribution is -2.36. The molecule has 1 aliphatic carbocycles. The van der Waals surface area contributed by atoms with Gasteiger partial charge in [0, 0.05) is 19.5 Å². The first-order chi connectivity index (χ1) is 5.25. The highest BCUT2D eigenvalue weighted by molar-refractivity contribution is 5.73. The standard InChI is InChI=1S/C9H16NO/c1-3-10(8(2)11)9-6-4-5-7-9/h9H,1,3-7H2,2H3. The lowest BCUT2D eigenvalue weighted by Gasteiger charge is -2.25. The Balaban J connectivity index is 2.46. The van der Waals surface area contributed by atoms with E-state index in [1.54, 1.807) is 6.92 Å². The first-order valence-electron chi connectivity index (χ1n) is 4.32. The third-order valence-corrected chi connectivity index (χ3v) is 2.41. The molecule has 1 radical (unpaired) electrons. The molecule has 1 rings (SSSR count). The van der Waals surface area contributed by atoms with Gasteiger partial charge in [0.15, 0.2) is 0 Å². The van der Waals surface area contributed by atoms with Crippen molar-refractivity contribution in [3.8, 4) is 0 Å². The highest BCUT2D eigenvalue weighted by atomic mass is 16.2. The molecule has 0 aromatic rings. The Morgan fingerprint density at radius 3 is 2.45 bits per heavy atom. The molecule has 0 atom stereocenters. The zero-order chi connectivity index (χ0) is 8.27. The summed E-state index contributed by atoms with van der Waals surface area (Å²) in [6.45, 7) is 6.01. The highest BCUT2D eigenvalue weighted by Crippen LogP contribution is 2.22. The van der Waals surface area contributed by atoms with Crippen LogP contribution in [0.1, 0.15) is 32.6 Å². The van der Waals surface area contributed by atoms with E-state index >= 15 is 0 Å². The molecular weight excluding hydrogens is 138 g/mol. The van der Waals surface area contributed by atoms with Gasteiger partial charge < -0.3 is 4.90 Å². The van der Waals surface area contributed by atoms with E-state index in [0.717, 1.165) is 0 Å². The highest BCUT2D eigenvalue weighted by Gasteiger charge is 2.22. The van der Waals surface area contributed by atoms with Crippen LogP contribution in [0.4, 0.5) is 0 Å². The molecule has 0 aromatic carbocycles. The molecule has 63 valence electrons. The fourth-order valence-electron chi connectivity index (χ4n) is 1.81. The van der Waals surface area contributed by atoms with Crippen molar-refractivity contribution in [3.05, 3.63) is 6.92 Å². The fraction of sp³-hybridized carbons (Fsp3) is 0.778. The third kappa shape index (κ3) is 1.95. The van der Waals surface area contributed by atoms with E-state index in [-0.39, 0.29) is 5.91 Å². The van der Waals surface area contributed by atoms with Crippen molar-refractivity contribution >= 4 is 5.91 Å². The fourth-order valence-corrected chi connectivity index (χ4v) is 1.81. The number of carbonyl (C=O) groups is 1. The molecule has 1 amide bonds. The van der Waals surface area contributed by atoms with E-state index in [1.807, 2.05) is 4.90 Å². The van der Waals surface area contributed by atoms with Crippen LogP contribution in [0.15, 0.2) is 0 Å². The van der Waals surface area contributed by atoms with Gasteiger partial charge in [0.05, 0.1) is 0 Å². The molecule has 2 heteroatoms. The van der Waals surface area contributed by atoms with Gasteiger partial charge in [-0.15, -0.1) is 0 Å². The summed E-state index contributed by atoms with van der Waals surface area (Å²) >= 11 is 0. The molecule has 0 unspecified atom stereocenters. The van der Waals surface area contributed by atoms with Gasteiger partial charge in [0.1, 0.15) is 0 Å². The molecular formula is C9H16NO. The van der Waals surface area contributed by atoms with Crippen molar-refractivity contribution in [2.24, 2.45) is 0 Å². The molecule has 0 spiro atoms. The molecule has 0 aromatic heterocycles. The van der Waals surface area contributed by atoms with E-state index in [9.17, 15) is 4.79 Å². The lowest BCUT2D eigenvalue weighted by atomic mass is 10.2. The van der Waals surface area contributed by atoms with Crippen LogP contribution < -0.4 is 0 Å². The van der Waals surface area contributed by atoms with E-state index in [4.69, 9.17) is 0 Å². The van der Waals surface area contributed by atoms with Gasteiger partial charge in [0.25, 0.3) is 0 Å². The van der Waals surface area contributed by atoms with Gasteiger partial charge in [-0.1, -0.05) is 12.8 Å². The number of hydrogen-bond donors (Lipinski definition) is 0. The Morgan fingerprint density at radius 2 is 2.09 bits per heavy atom. The number of carbonyl (C=O) groups excluding carboxylic acids is 1. The quantitative estimate of drug-likeness (QED) is 0.591. The zero-order valence-electron chi connectivity index (χ0n) is 7.18. The van der Waals surface area contributed by atoms with E-state index in [2.05, 4.69) is 6.92 Å². The average Bonchev–Trinajstić information content (AvgIpc) is 2.40. The number of nitrogens with zero attached hydrogens (tertiary/aromatic N) is 1. The maximum atomic E-state index is 11.0. The van der Waals surface area contributed by atoms with E-state index < -0.39 is 0 Å². The summed E-state index contributed by atoms with van der Waals surface area (Å²) in [6, 6.07) is 0.491. The third-order valence-electron chi connectivity index (χ3n) is 2.41. The predicted molar refractivity (Wildman–Crippen MR) is 45.0 cm³/mol.